The summed E-state index contributed by atoms with van der Waals surface area (Å²) in [7, 11) is 0. The third-order valence-electron chi connectivity index (χ3n) is 2.14. The van der Waals surface area contributed by atoms with E-state index < -0.39 is 18.1 Å². The minimum atomic E-state index is -4.81. The van der Waals surface area contributed by atoms with Crippen LogP contribution in [0.2, 0.25) is 0 Å². The summed E-state index contributed by atoms with van der Waals surface area (Å²) in [6.45, 7) is 2.07. The van der Waals surface area contributed by atoms with Crippen molar-refractivity contribution in [2.75, 3.05) is 6.61 Å². The molecule has 82 valence electrons. The smallest absolute Gasteiger partial charge is 0.376 e. The summed E-state index contributed by atoms with van der Waals surface area (Å²) >= 11 is 0. The lowest BCUT2D eigenvalue weighted by Crippen LogP contribution is -2.46. The van der Waals surface area contributed by atoms with Gasteiger partial charge in [-0.05, 0) is 19.8 Å². The fraction of sp³-hybridized carbons (Fsp3) is 0.875. The van der Waals surface area contributed by atoms with Crippen molar-refractivity contribution in [2.45, 2.75) is 38.1 Å². The summed E-state index contributed by atoms with van der Waals surface area (Å²) in [4.78, 5) is 10.5. The molecule has 1 aliphatic rings. The standard InChI is InChI=1S/C8H12F3NO2/c1-5(6-3-2-4-14-6)12-7(13)8(9,10)11/h5-6H,2-4H2,1H3,(H,12,13). The minimum Gasteiger partial charge on any atom is -0.376 e. The van der Waals surface area contributed by atoms with Crippen LogP contribution in [0.4, 0.5) is 13.2 Å². The zero-order valence-electron chi connectivity index (χ0n) is 7.73. The molecule has 1 amide bonds. The Labute approximate surface area is 79.6 Å². The molecule has 0 aliphatic carbocycles. The van der Waals surface area contributed by atoms with Gasteiger partial charge in [-0.2, -0.15) is 13.2 Å². The van der Waals surface area contributed by atoms with Gasteiger partial charge in [-0.3, -0.25) is 4.79 Å². The number of nitrogens with one attached hydrogen (secondary N) is 1. The SMILES string of the molecule is CC(NC(=O)C(F)(F)F)C1CCCO1. The highest BCUT2D eigenvalue weighted by Gasteiger charge is 2.40. The molecule has 0 aromatic heterocycles. The van der Waals surface area contributed by atoms with Crippen molar-refractivity contribution >= 4 is 5.91 Å². The van der Waals surface area contributed by atoms with Crippen LogP contribution in [-0.4, -0.2) is 30.8 Å². The van der Waals surface area contributed by atoms with E-state index in [0.717, 1.165) is 6.42 Å². The monoisotopic (exact) mass is 211 g/mol. The Morgan fingerprint density at radius 2 is 2.21 bits per heavy atom. The van der Waals surface area contributed by atoms with E-state index in [9.17, 15) is 18.0 Å². The van der Waals surface area contributed by atoms with Crippen LogP contribution in [0.15, 0.2) is 0 Å². The molecule has 0 saturated carbocycles. The molecular formula is C8H12F3NO2. The molecule has 1 fully saturated rings. The van der Waals surface area contributed by atoms with Crippen LogP contribution in [0.25, 0.3) is 0 Å². The van der Waals surface area contributed by atoms with E-state index in [1.807, 2.05) is 5.32 Å². The van der Waals surface area contributed by atoms with Gasteiger partial charge in [0, 0.05) is 6.61 Å². The van der Waals surface area contributed by atoms with Gasteiger partial charge < -0.3 is 10.1 Å². The average Bonchev–Trinajstić information content (AvgIpc) is 2.53. The highest BCUT2D eigenvalue weighted by Crippen LogP contribution is 2.18. The van der Waals surface area contributed by atoms with Crippen LogP contribution >= 0.6 is 0 Å². The number of rotatable bonds is 2. The molecule has 2 atom stereocenters. The van der Waals surface area contributed by atoms with Gasteiger partial charge in [0.25, 0.3) is 0 Å². The fourth-order valence-electron chi connectivity index (χ4n) is 1.38. The topological polar surface area (TPSA) is 38.3 Å². The minimum absolute atomic E-state index is 0.290. The Hall–Kier alpha value is -0.780. The summed E-state index contributed by atoms with van der Waals surface area (Å²) in [6.07, 6.45) is -3.58. The first-order chi connectivity index (χ1) is 6.41. The van der Waals surface area contributed by atoms with E-state index in [-0.39, 0.29) is 6.10 Å². The molecule has 14 heavy (non-hydrogen) atoms. The molecule has 1 N–H and O–H groups in total. The van der Waals surface area contributed by atoms with Gasteiger partial charge in [0.2, 0.25) is 0 Å². The van der Waals surface area contributed by atoms with Crippen molar-refractivity contribution in [3.05, 3.63) is 0 Å². The molecule has 1 heterocycles. The summed E-state index contributed by atoms with van der Waals surface area (Å²) in [5.41, 5.74) is 0. The van der Waals surface area contributed by atoms with E-state index in [0.29, 0.717) is 13.0 Å². The number of hydrogen-bond donors (Lipinski definition) is 1. The molecule has 0 aromatic rings. The predicted molar refractivity (Wildman–Crippen MR) is 42.6 cm³/mol. The highest BCUT2D eigenvalue weighted by atomic mass is 19.4. The first-order valence-corrected chi connectivity index (χ1v) is 4.40. The van der Waals surface area contributed by atoms with E-state index in [4.69, 9.17) is 4.74 Å². The van der Waals surface area contributed by atoms with E-state index in [2.05, 4.69) is 0 Å². The van der Waals surface area contributed by atoms with Gasteiger partial charge in [-0.25, -0.2) is 0 Å². The Morgan fingerprint density at radius 1 is 1.57 bits per heavy atom. The van der Waals surface area contributed by atoms with Crippen LogP contribution in [0.1, 0.15) is 19.8 Å². The van der Waals surface area contributed by atoms with Crippen LogP contribution in [0, 0.1) is 0 Å². The van der Waals surface area contributed by atoms with Crippen molar-refractivity contribution in [3.8, 4) is 0 Å². The largest absolute Gasteiger partial charge is 0.471 e. The van der Waals surface area contributed by atoms with Crippen molar-refractivity contribution in [1.29, 1.82) is 0 Å². The lowest BCUT2D eigenvalue weighted by Gasteiger charge is -2.20. The maximum atomic E-state index is 11.8. The summed E-state index contributed by atoms with van der Waals surface area (Å²) in [5, 5.41) is 1.87. The second-order valence-corrected chi connectivity index (χ2v) is 3.31. The zero-order valence-corrected chi connectivity index (χ0v) is 7.73. The molecule has 0 bridgehead atoms. The van der Waals surface area contributed by atoms with Crippen LogP contribution < -0.4 is 5.32 Å². The molecule has 0 spiro atoms. The lowest BCUT2D eigenvalue weighted by molar-refractivity contribution is -0.175. The molecule has 1 aliphatic heterocycles. The zero-order chi connectivity index (χ0) is 10.8. The number of halogens is 3. The van der Waals surface area contributed by atoms with Gasteiger partial charge in [0.1, 0.15) is 0 Å². The van der Waals surface area contributed by atoms with Gasteiger partial charge in [-0.15, -0.1) is 0 Å². The third-order valence-corrected chi connectivity index (χ3v) is 2.14. The number of amides is 1. The van der Waals surface area contributed by atoms with Crippen LogP contribution in [0.3, 0.4) is 0 Å². The number of alkyl halides is 3. The van der Waals surface area contributed by atoms with Crippen LogP contribution in [-0.2, 0) is 9.53 Å². The van der Waals surface area contributed by atoms with E-state index in [1.165, 1.54) is 6.92 Å². The summed E-state index contributed by atoms with van der Waals surface area (Å²) in [5.74, 6) is -1.90. The predicted octanol–water partition coefficient (Wildman–Crippen LogP) is 1.23. The number of carbonyl (C=O) groups excluding carboxylic acids is 1. The molecule has 2 unspecified atom stereocenters. The first-order valence-electron chi connectivity index (χ1n) is 4.40. The Kier molecular flexibility index (Phi) is 3.36. The lowest BCUT2D eigenvalue weighted by atomic mass is 10.1. The highest BCUT2D eigenvalue weighted by molar-refractivity contribution is 5.81. The Balaban J connectivity index is 2.39. The maximum Gasteiger partial charge on any atom is 0.471 e. The van der Waals surface area contributed by atoms with Gasteiger partial charge in [0.05, 0.1) is 12.1 Å². The number of ether oxygens (including phenoxy) is 1. The normalized spacial score (nSPS) is 24.7. The molecule has 0 radical (unpaired) electrons. The average molecular weight is 211 g/mol. The molecule has 3 nitrogen and oxygen atoms in total. The van der Waals surface area contributed by atoms with Gasteiger partial charge in [0.15, 0.2) is 0 Å². The fourth-order valence-corrected chi connectivity index (χ4v) is 1.38. The van der Waals surface area contributed by atoms with Crippen molar-refractivity contribution in [3.63, 3.8) is 0 Å². The molecule has 0 aromatic carbocycles. The maximum absolute atomic E-state index is 11.8. The molecule has 1 rings (SSSR count). The van der Waals surface area contributed by atoms with Gasteiger partial charge in [-0.1, -0.05) is 0 Å². The van der Waals surface area contributed by atoms with E-state index >= 15 is 0 Å². The molecule has 1 saturated heterocycles. The Bertz CT molecular complexity index is 211. The first kappa shape index (κ1) is 11.3. The quantitative estimate of drug-likeness (QED) is 0.746. The second kappa shape index (κ2) is 4.16. The number of carbonyl (C=O) groups is 1. The summed E-state index contributed by atoms with van der Waals surface area (Å²) in [6, 6.07) is -0.591. The van der Waals surface area contributed by atoms with Crippen molar-refractivity contribution in [2.24, 2.45) is 0 Å². The van der Waals surface area contributed by atoms with Gasteiger partial charge >= 0.3 is 12.1 Å². The second-order valence-electron chi connectivity index (χ2n) is 3.31. The van der Waals surface area contributed by atoms with Crippen molar-refractivity contribution in [1.82, 2.24) is 5.32 Å². The van der Waals surface area contributed by atoms with Crippen LogP contribution in [0.5, 0.6) is 0 Å². The molecular weight excluding hydrogens is 199 g/mol. The molecule has 6 heteroatoms. The van der Waals surface area contributed by atoms with Crippen molar-refractivity contribution < 1.29 is 22.7 Å². The number of hydrogen-bond acceptors (Lipinski definition) is 2. The Morgan fingerprint density at radius 3 is 2.64 bits per heavy atom. The summed E-state index contributed by atoms with van der Waals surface area (Å²) < 4.78 is 40.7. The van der Waals surface area contributed by atoms with E-state index in [1.54, 1.807) is 0 Å². The third kappa shape index (κ3) is 2.87.